The molecule has 1 saturated heterocycles. The number of hydrogen-bond acceptors (Lipinski definition) is 4. The van der Waals surface area contributed by atoms with E-state index in [9.17, 15) is 9.59 Å². The Morgan fingerprint density at radius 1 is 1.13 bits per heavy atom. The fraction of sp³-hybridized carbons (Fsp3) is 0.417. The molecule has 3 rings (SSSR count). The summed E-state index contributed by atoms with van der Waals surface area (Å²) in [4.78, 5) is 24.6. The summed E-state index contributed by atoms with van der Waals surface area (Å²) in [7, 11) is 0.294. The van der Waals surface area contributed by atoms with Gasteiger partial charge in [-0.15, -0.1) is 0 Å². The van der Waals surface area contributed by atoms with Gasteiger partial charge in [0, 0.05) is 31.1 Å². The van der Waals surface area contributed by atoms with Gasteiger partial charge in [-0.3, -0.25) is 9.59 Å². The highest BCUT2D eigenvalue weighted by atomic mass is 28.3. The molecular formula is C24H33N3O3Si. The number of ether oxygens (including phenoxy) is 1. The Kier molecular flexibility index (Phi) is 7.38. The Bertz CT molecular complexity index is 892. The second-order valence-electron chi connectivity index (χ2n) is 9.08. The van der Waals surface area contributed by atoms with Crippen molar-refractivity contribution in [3.05, 3.63) is 54.1 Å². The number of rotatable bonds is 8. The number of methoxy groups -OCH3 is 1. The quantitative estimate of drug-likeness (QED) is 0.553. The molecule has 0 aliphatic carbocycles. The number of amides is 2. The van der Waals surface area contributed by atoms with E-state index in [4.69, 9.17) is 4.74 Å². The molecule has 0 spiro atoms. The van der Waals surface area contributed by atoms with Crippen molar-refractivity contribution < 1.29 is 14.3 Å². The van der Waals surface area contributed by atoms with Gasteiger partial charge >= 0.3 is 0 Å². The first-order valence-electron chi connectivity index (χ1n) is 10.8. The summed E-state index contributed by atoms with van der Waals surface area (Å²) in [6.45, 7) is 8.08. The molecule has 1 heterocycles. The molecule has 2 aromatic rings. The van der Waals surface area contributed by atoms with Crippen LogP contribution in [0.15, 0.2) is 48.5 Å². The van der Waals surface area contributed by atoms with Gasteiger partial charge in [-0.05, 0) is 36.2 Å². The highest BCUT2D eigenvalue weighted by Crippen LogP contribution is 2.21. The molecular weight excluding hydrogens is 406 g/mol. The van der Waals surface area contributed by atoms with E-state index in [-0.39, 0.29) is 30.2 Å². The Balaban J connectivity index is 1.72. The fourth-order valence-corrected chi connectivity index (χ4v) is 4.86. The van der Waals surface area contributed by atoms with Crippen LogP contribution in [-0.2, 0) is 9.59 Å². The highest BCUT2D eigenvalue weighted by molar-refractivity contribution is 6.88. The lowest BCUT2D eigenvalue weighted by Crippen LogP contribution is -2.43. The lowest BCUT2D eigenvalue weighted by molar-refractivity contribution is -0.132. The zero-order valence-corrected chi connectivity index (χ0v) is 19.8. The van der Waals surface area contributed by atoms with E-state index in [1.165, 1.54) is 5.19 Å². The molecule has 166 valence electrons. The van der Waals surface area contributed by atoms with Crippen molar-refractivity contribution in [2.75, 3.05) is 25.5 Å². The van der Waals surface area contributed by atoms with E-state index in [0.717, 1.165) is 17.0 Å². The second kappa shape index (κ2) is 10.0. The Hall–Kier alpha value is -2.80. The number of piperidine rings is 1. The highest BCUT2D eigenvalue weighted by Gasteiger charge is 2.27. The number of nitrogens with one attached hydrogen (secondary N) is 3. The maximum absolute atomic E-state index is 12.9. The summed E-state index contributed by atoms with van der Waals surface area (Å²) >= 11 is 0. The van der Waals surface area contributed by atoms with Crippen LogP contribution in [0.4, 0.5) is 5.69 Å². The minimum atomic E-state index is -1.34. The molecule has 0 bridgehead atoms. The lowest BCUT2D eigenvalue weighted by Gasteiger charge is -2.26. The molecule has 1 aliphatic rings. The Labute approximate surface area is 185 Å². The van der Waals surface area contributed by atoms with Crippen molar-refractivity contribution in [2.45, 2.75) is 38.5 Å². The van der Waals surface area contributed by atoms with Gasteiger partial charge in [0.1, 0.15) is 5.75 Å². The number of hydrogen-bond donors (Lipinski definition) is 3. The van der Waals surface area contributed by atoms with Gasteiger partial charge in [0.15, 0.2) is 0 Å². The third-order valence-electron chi connectivity index (χ3n) is 5.71. The maximum Gasteiger partial charge on any atom is 0.224 e. The molecule has 2 atom stereocenters. The molecule has 0 saturated carbocycles. The van der Waals surface area contributed by atoms with Crippen molar-refractivity contribution in [2.24, 2.45) is 5.92 Å². The summed E-state index contributed by atoms with van der Waals surface area (Å²) in [5.74, 6) is 0.345. The van der Waals surface area contributed by atoms with Crippen molar-refractivity contribution in [1.82, 2.24) is 10.6 Å². The summed E-state index contributed by atoms with van der Waals surface area (Å²) in [6, 6.07) is 16.1. The number of carbonyl (C=O) groups excluding carboxylic acids is 2. The standard InChI is InChI=1S/C24H33N3O3Si/c1-30-20-9-5-17(6-10-20)22(27-24(29)18-13-14-25-23(28)15-18)16-26-19-7-11-21(12-8-19)31(2,3)4/h5-12,18,22,26H,13-16H2,1-4H3,(H,25,28)(H,27,29). The van der Waals surface area contributed by atoms with Gasteiger partial charge in [-0.25, -0.2) is 0 Å². The summed E-state index contributed by atoms with van der Waals surface area (Å²) < 4.78 is 5.26. The van der Waals surface area contributed by atoms with E-state index in [1.54, 1.807) is 7.11 Å². The predicted octanol–water partition coefficient (Wildman–Crippen LogP) is 3.04. The van der Waals surface area contributed by atoms with Crippen molar-refractivity contribution in [1.29, 1.82) is 0 Å². The minimum Gasteiger partial charge on any atom is -0.497 e. The third kappa shape index (κ3) is 6.34. The molecule has 2 aromatic carbocycles. The number of anilines is 1. The molecule has 0 radical (unpaired) electrons. The van der Waals surface area contributed by atoms with Crippen molar-refractivity contribution in [3.8, 4) is 5.75 Å². The largest absolute Gasteiger partial charge is 0.497 e. The lowest BCUT2D eigenvalue weighted by atomic mass is 9.95. The van der Waals surface area contributed by atoms with Crippen molar-refractivity contribution in [3.63, 3.8) is 0 Å². The minimum absolute atomic E-state index is 0.0620. The first-order valence-corrected chi connectivity index (χ1v) is 14.3. The maximum atomic E-state index is 12.9. The van der Waals surface area contributed by atoms with Crippen LogP contribution in [0, 0.1) is 5.92 Å². The molecule has 31 heavy (non-hydrogen) atoms. The Morgan fingerprint density at radius 2 is 1.81 bits per heavy atom. The molecule has 6 nitrogen and oxygen atoms in total. The zero-order chi connectivity index (χ0) is 22.4. The fourth-order valence-electron chi connectivity index (χ4n) is 3.69. The molecule has 3 N–H and O–H groups in total. The van der Waals surface area contributed by atoms with Crippen LogP contribution in [0.5, 0.6) is 5.75 Å². The van der Waals surface area contributed by atoms with Gasteiger partial charge < -0.3 is 20.7 Å². The average Bonchev–Trinajstić information content (AvgIpc) is 2.76. The molecule has 2 unspecified atom stereocenters. The summed E-state index contributed by atoms with van der Waals surface area (Å²) in [5, 5.41) is 10.8. The number of benzene rings is 2. The van der Waals surface area contributed by atoms with E-state index in [2.05, 4.69) is 59.9 Å². The van der Waals surface area contributed by atoms with E-state index in [0.29, 0.717) is 19.5 Å². The molecule has 1 aliphatic heterocycles. The smallest absolute Gasteiger partial charge is 0.224 e. The van der Waals surface area contributed by atoms with Gasteiger partial charge in [-0.1, -0.05) is 49.1 Å². The summed E-state index contributed by atoms with van der Waals surface area (Å²) in [6.07, 6.45) is 0.908. The normalized spacial score (nSPS) is 17.4. The first-order chi connectivity index (χ1) is 14.8. The van der Waals surface area contributed by atoms with Crippen LogP contribution in [-0.4, -0.2) is 40.1 Å². The van der Waals surface area contributed by atoms with Crippen molar-refractivity contribution >= 4 is 30.8 Å². The van der Waals surface area contributed by atoms with Crippen LogP contribution >= 0.6 is 0 Å². The van der Waals surface area contributed by atoms with Crippen LogP contribution in [0.3, 0.4) is 0 Å². The SMILES string of the molecule is COc1ccc(C(CNc2ccc([Si](C)(C)C)cc2)NC(=O)C2CCNC(=O)C2)cc1. The van der Waals surface area contributed by atoms with Crippen LogP contribution < -0.4 is 25.9 Å². The summed E-state index contributed by atoms with van der Waals surface area (Å²) in [5.41, 5.74) is 2.01. The van der Waals surface area contributed by atoms with Gasteiger partial charge in [0.05, 0.1) is 21.2 Å². The van der Waals surface area contributed by atoms with E-state index >= 15 is 0 Å². The molecule has 0 aromatic heterocycles. The van der Waals surface area contributed by atoms with Crippen LogP contribution in [0.25, 0.3) is 0 Å². The zero-order valence-electron chi connectivity index (χ0n) is 18.8. The Morgan fingerprint density at radius 3 is 2.39 bits per heavy atom. The first kappa shape index (κ1) is 22.9. The average molecular weight is 440 g/mol. The monoisotopic (exact) mass is 439 g/mol. The predicted molar refractivity (Wildman–Crippen MR) is 128 cm³/mol. The number of carbonyl (C=O) groups is 2. The van der Waals surface area contributed by atoms with Crippen LogP contribution in [0.1, 0.15) is 24.4 Å². The van der Waals surface area contributed by atoms with Gasteiger partial charge in [0.2, 0.25) is 11.8 Å². The molecule has 7 heteroatoms. The molecule has 1 fully saturated rings. The van der Waals surface area contributed by atoms with E-state index < -0.39 is 8.07 Å². The second-order valence-corrected chi connectivity index (χ2v) is 14.2. The molecule has 2 amide bonds. The topological polar surface area (TPSA) is 79.5 Å². The van der Waals surface area contributed by atoms with E-state index in [1.807, 2.05) is 24.3 Å². The van der Waals surface area contributed by atoms with Gasteiger partial charge in [0.25, 0.3) is 0 Å². The third-order valence-corrected chi connectivity index (χ3v) is 7.78. The van der Waals surface area contributed by atoms with Crippen LogP contribution in [0.2, 0.25) is 19.6 Å². The van der Waals surface area contributed by atoms with Gasteiger partial charge in [-0.2, -0.15) is 0 Å².